The molecule has 3 atom stereocenters. The lowest BCUT2D eigenvalue weighted by Gasteiger charge is -2.38. The van der Waals surface area contributed by atoms with Gasteiger partial charge in [-0.1, -0.05) is 19.1 Å². The first-order chi connectivity index (χ1) is 21.4. The highest BCUT2D eigenvalue weighted by atomic mass is 19.4. The van der Waals surface area contributed by atoms with Gasteiger partial charge in [0.15, 0.2) is 17.2 Å². The first kappa shape index (κ1) is 31.9. The standard InChI is InChI=1S/C32H35F3N4O6/c1-19-14-39(20(2)17-40)30(41)24-5-4-6-25(37-31(42)36-23-10-8-22(9-11-23)32(33,34)35)29(24)45-28(19)16-38(3)15-21-7-12-26-27(13-21)44-18-43-26/h4-13,19-20,28,40H,14-18H2,1-3H3,(H2,36,37,42)/t19-,20-,28+/m0/s1. The lowest BCUT2D eigenvalue weighted by Crippen LogP contribution is -2.49. The van der Waals surface area contributed by atoms with Gasteiger partial charge in [0, 0.05) is 31.2 Å². The highest BCUT2D eigenvalue weighted by molar-refractivity contribution is 6.04. The highest BCUT2D eigenvalue weighted by Gasteiger charge is 2.35. The molecule has 3 aromatic rings. The van der Waals surface area contributed by atoms with E-state index in [2.05, 4.69) is 15.5 Å². The predicted molar refractivity (Wildman–Crippen MR) is 161 cm³/mol. The molecule has 0 spiro atoms. The fourth-order valence-corrected chi connectivity index (χ4v) is 5.31. The van der Waals surface area contributed by atoms with Crippen molar-refractivity contribution in [2.24, 2.45) is 5.92 Å². The van der Waals surface area contributed by atoms with Crippen LogP contribution in [0.15, 0.2) is 60.7 Å². The number of carbonyl (C=O) groups is 2. The van der Waals surface area contributed by atoms with E-state index in [9.17, 15) is 27.9 Å². The van der Waals surface area contributed by atoms with E-state index in [1.54, 1.807) is 30.0 Å². The number of aliphatic hydroxyl groups excluding tert-OH is 1. The quantitative estimate of drug-likeness (QED) is 0.305. The number of aliphatic hydroxyl groups is 1. The molecule has 5 rings (SSSR count). The molecule has 2 aliphatic rings. The number of alkyl halides is 3. The molecule has 2 aliphatic heterocycles. The van der Waals surface area contributed by atoms with Crippen molar-refractivity contribution in [1.82, 2.24) is 9.80 Å². The van der Waals surface area contributed by atoms with Crippen LogP contribution in [0.5, 0.6) is 17.2 Å². The summed E-state index contributed by atoms with van der Waals surface area (Å²) in [7, 11) is 1.95. The summed E-state index contributed by atoms with van der Waals surface area (Å²) in [5.74, 6) is 0.998. The van der Waals surface area contributed by atoms with Gasteiger partial charge >= 0.3 is 12.2 Å². The lowest BCUT2D eigenvalue weighted by atomic mass is 9.99. The van der Waals surface area contributed by atoms with Crippen molar-refractivity contribution in [1.29, 1.82) is 0 Å². The summed E-state index contributed by atoms with van der Waals surface area (Å²) in [5.41, 5.74) is 0.733. The number of likely N-dealkylation sites (N-methyl/N-ethyl adjacent to an activating group) is 1. The van der Waals surface area contributed by atoms with Crippen LogP contribution in [0.1, 0.15) is 35.3 Å². The van der Waals surface area contributed by atoms with E-state index >= 15 is 0 Å². The number of ether oxygens (including phenoxy) is 3. The Morgan fingerprint density at radius 3 is 2.53 bits per heavy atom. The fraction of sp³-hybridized carbons (Fsp3) is 0.375. The molecule has 3 aromatic carbocycles. The smallest absolute Gasteiger partial charge is 0.416 e. The van der Waals surface area contributed by atoms with Crippen LogP contribution in [0, 0.1) is 5.92 Å². The fourth-order valence-electron chi connectivity index (χ4n) is 5.31. The van der Waals surface area contributed by atoms with Crippen LogP contribution in [0.25, 0.3) is 0 Å². The zero-order valence-electron chi connectivity index (χ0n) is 25.1. The van der Waals surface area contributed by atoms with Crippen LogP contribution in [-0.4, -0.2) is 72.5 Å². The van der Waals surface area contributed by atoms with Gasteiger partial charge in [0.05, 0.1) is 29.5 Å². The molecule has 0 radical (unpaired) electrons. The number of halogens is 3. The summed E-state index contributed by atoms with van der Waals surface area (Å²) < 4.78 is 56.3. The second-order valence-corrected chi connectivity index (χ2v) is 11.3. The Balaban J connectivity index is 1.38. The summed E-state index contributed by atoms with van der Waals surface area (Å²) >= 11 is 0. The van der Waals surface area contributed by atoms with E-state index in [4.69, 9.17) is 14.2 Å². The number of fused-ring (bicyclic) bond motifs is 2. The molecule has 3 amide bonds. The Morgan fingerprint density at radius 1 is 1.09 bits per heavy atom. The highest BCUT2D eigenvalue weighted by Crippen LogP contribution is 2.36. The number of urea groups is 1. The van der Waals surface area contributed by atoms with Gasteiger partial charge in [0.1, 0.15) is 6.10 Å². The summed E-state index contributed by atoms with van der Waals surface area (Å²) in [5, 5.41) is 15.1. The molecule has 0 bridgehead atoms. The molecule has 10 nitrogen and oxygen atoms in total. The SMILES string of the molecule is C[C@H]1CN([C@@H](C)CO)C(=O)c2cccc(NC(=O)Nc3ccc(C(F)(F)F)cc3)c2O[C@@H]1CN(C)Cc1ccc2c(c1)OCO2. The molecule has 0 fully saturated rings. The first-order valence-electron chi connectivity index (χ1n) is 14.5. The van der Waals surface area contributed by atoms with Crippen LogP contribution < -0.4 is 24.8 Å². The van der Waals surface area contributed by atoms with Gasteiger partial charge in [-0.2, -0.15) is 13.2 Å². The maximum Gasteiger partial charge on any atom is 0.416 e. The third-order valence-corrected chi connectivity index (χ3v) is 7.79. The number of rotatable bonds is 8. The number of amides is 3. The predicted octanol–water partition coefficient (Wildman–Crippen LogP) is 5.43. The van der Waals surface area contributed by atoms with Crippen molar-refractivity contribution in [3.05, 3.63) is 77.4 Å². The van der Waals surface area contributed by atoms with Gasteiger partial charge in [0.2, 0.25) is 6.79 Å². The van der Waals surface area contributed by atoms with Crippen LogP contribution in [0.3, 0.4) is 0 Å². The number of carbonyl (C=O) groups excluding carboxylic acids is 2. The maximum atomic E-state index is 13.7. The van der Waals surface area contributed by atoms with E-state index in [0.29, 0.717) is 31.1 Å². The Labute approximate surface area is 258 Å². The minimum absolute atomic E-state index is 0.149. The summed E-state index contributed by atoms with van der Waals surface area (Å²) in [6.45, 7) is 5.01. The third kappa shape index (κ3) is 7.43. The molecule has 45 heavy (non-hydrogen) atoms. The van der Waals surface area contributed by atoms with Crippen molar-refractivity contribution >= 4 is 23.3 Å². The van der Waals surface area contributed by atoms with E-state index < -0.39 is 29.9 Å². The largest absolute Gasteiger partial charge is 0.486 e. The van der Waals surface area contributed by atoms with Gasteiger partial charge in [-0.15, -0.1) is 0 Å². The second kappa shape index (κ2) is 13.2. The van der Waals surface area contributed by atoms with Crippen molar-refractivity contribution in [2.45, 2.75) is 38.7 Å². The van der Waals surface area contributed by atoms with Crippen molar-refractivity contribution in [3.8, 4) is 17.2 Å². The summed E-state index contributed by atoms with van der Waals surface area (Å²) in [6, 6.07) is 13.4. The van der Waals surface area contributed by atoms with Crippen LogP contribution in [-0.2, 0) is 12.7 Å². The summed E-state index contributed by atoms with van der Waals surface area (Å²) in [6.07, 6.45) is -4.94. The molecule has 0 unspecified atom stereocenters. The molecular formula is C32H35F3N4O6. The van der Waals surface area contributed by atoms with E-state index in [1.165, 1.54) is 0 Å². The number of hydrogen-bond acceptors (Lipinski definition) is 7. The second-order valence-electron chi connectivity index (χ2n) is 11.3. The minimum atomic E-state index is -4.50. The number of hydrogen-bond donors (Lipinski definition) is 3. The monoisotopic (exact) mass is 628 g/mol. The molecule has 0 aliphatic carbocycles. The number of benzene rings is 3. The molecule has 0 saturated carbocycles. The van der Waals surface area contributed by atoms with Gasteiger partial charge in [-0.25, -0.2) is 4.79 Å². The summed E-state index contributed by atoms with van der Waals surface area (Å²) in [4.78, 5) is 30.4. The zero-order valence-corrected chi connectivity index (χ0v) is 25.1. The lowest BCUT2D eigenvalue weighted by molar-refractivity contribution is -0.137. The number of nitrogens with zero attached hydrogens (tertiary/aromatic N) is 2. The molecule has 2 heterocycles. The maximum absolute atomic E-state index is 13.7. The Hall–Kier alpha value is -4.49. The molecular weight excluding hydrogens is 593 g/mol. The Bertz CT molecular complexity index is 1530. The Kier molecular flexibility index (Phi) is 9.40. The number of anilines is 2. The first-order valence-corrected chi connectivity index (χ1v) is 14.5. The average Bonchev–Trinajstić information content (AvgIpc) is 3.46. The number of nitrogens with one attached hydrogen (secondary N) is 2. The average molecular weight is 629 g/mol. The van der Waals surface area contributed by atoms with Crippen molar-refractivity contribution in [3.63, 3.8) is 0 Å². The normalized spacial score (nSPS) is 18.5. The molecule has 240 valence electrons. The molecule has 3 N–H and O–H groups in total. The third-order valence-electron chi connectivity index (χ3n) is 7.79. The van der Waals surface area contributed by atoms with Crippen LogP contribution in [0.2, 0.25) is 0 Å². The van der Waals surface area contributed by atoms with Crippen molar-refractivity contribution in [2.75, 3.05) is 44.2 Å². The van der Waals surface area contributed by atoms with E-state index in [1.807, 2.05) is 32.2 Å². The zero-order chi connectivity index (χ0) is 32.3. The van der Waals surface area contributed by atoms with Crippen LogP contribution >= 0.6 is 0 Å². The molecule has 0 saturated heterocycles. The molecule has 13 heteroatoms. The van der Waals surface area contributed by atoms with E-state index in [0.717, 1.165) is 29.8 Å². The van der Waals surface area contributed by atoms with Crippen LogP contribution in [0.4, 0.5) is 29.3 Å². The van der Waals surface area contributed by atoms with E-state index in [-0.39, 0.29) is 47.9 Å². The van der Waals surface area contributed by atoms with Gasteiger partial charge in [-0.3, -0.25) is 9.69 Å². The van der Waals surface area contributed by atoms with Gasteiger partial charge < -0.3 is 34.9 Å². The molecule has 0 aromatic heterocycles. The topological polar surface area (TPSA) is 113 Å². The minimum Gasteiger partial charge on any atom is -0.486 e. The Morgan fingerprint density at radius 2 is 1.82 bits per heavy atom. The van der Waals surface area contributed by atoms with Crippen molar-refractivity contribution < 1.29 is 42.1 Å². The van der Waals surface area contributed by atoms with Gasteiger partial charge in [0.25, 0.3) is 5.91 Å². The van der Waals surface area contributed by atoms with Gasteiger partial charge in [-0.05, 0) is 68.1 Å². The number of para-hydroxylation sites is 1.